The zero-order valence-electron chi connectivity index (χ0n) is 15.5. The van der Waals surface area contributed by atoms with Gasteiger partial charge in [-0.3, -0.25) is 4.90 Å². The van der Waals surface area contributed by atoms with Gasteiger partial charge in [0, 0.05) is 39.3 Å². The van der Waals surface area contributed by atoms with E-state index in [1.165, 1.54) is 31.7 Å². The molecule has 2 aliphatic carbocycles. The van der Waals surface area contributed by atoms with Gasteiger partial charge in [-0.2, -0.15) is 0 Å². The van der Waals surface area contributed by atoms with Gasteiger partial charge in [-0.1, -0.05) is 18.6 Å². The summed E-state index contributed by atoms with van der Waals surface area (Å²) in [4.78, 5) is 4.34. The summed E-state index contributed by atoms with van der Waals surface area (Å²) in [6.07, 6.45) is 5.10. The standard InChI is InChI=1S/C21H31FN2O2/c22-20-3-1-2-4-21(20)24-9-7-23(8-10-24)13-19(25)15-26-14-18-12-16-5-6-17(18)11-16/h1-4,16-19,25H,5-15H2/t16-,17-,18+,19+/m1/s1. The maximum Gasteiger partial charge on any atom is 0.146 e. The minimum absolute atomic E-state index is 0.157. The van der Waals surface area contributed by atoms with E-state index < -0.39 is 6.10 Å². The molecule has 4 atom stereocenters. The Morgan fingerprint density at radius 2 is 1.92 bits per heavy atom. The number of para-hydroxylation sites is 1. The highest BCUT2D eigenvalue weighted by Gasteiger charge is 2.39. The van der Waals surface area contributed by atoms with Crippen molar-refractivity contribution in [3.05, 3.63) is 30.1 Å². The molecule has 5 heteroatoms. The summed E-state index contributed by atoms with van der Waals surface area (Å²) >= 11 is 0. The number of piperazine rings is 1. The van der Waals surface area contributed by atoms with Crippen molar-refractivity contribution in [2.75, 3.05) is 50.8 Å². The average molecular weight is 362 g/mol. The number of nitrogens with zero attached hydrogens (tertiary/aromatic N) is 2. The van der Waals surface area contributed by atoms with Gasteiger partial charge in [0.05, 0.1) is 18.4 Å². The Hall–Kier alpha value is -1.17. The number of halogens is 1. The second-order valence-electron chi connectivity index (χ2n) is 8.37. The largest absolute Gasteiger partial charge is 0.389 e. The van der Waals surface area contributed by atoms with Crippen LogP contribution >= 0.6 is 0 Å². The van der Waals surface area contributed by atoms with Gasteiger partial charge in [0.2, 0.25) is 0 Å². The number of hydrogen-bond donors (Lipinski definition) is 1. The van der Waals surface area contributed by atoms with Crippen molar-refractivity contribution in [1.82, 2.24) is 4.90 Å². The van der Waals surface area contributed by atoms with Crippen LogP contribution in [0.1, 0.15) is 25.7 Å². The molecule has 0 aromatic heterocycles. The Bertz CT molecular complexity index is 591. The topological polar surface area (TPSA) is 35.9 Å². The Morgan fingerprint density at radius 1 is 1.12 bits per heavy atom. The third kappa shape index (κ3) is 4.21. The summed E-state index contributed by atoms with van der Waals surface area (Å²) in [5.41, 5.74) is 0.682. The fourth-order valence-corrected chi connectivity index (χ4v) is 5.17. The van der Waals surface area contributed by atoms with E-state index >= 15 is 0 Å². The van der Waals surface area contributed by atoms with E-state index in [0.29, 0.717) is 18.8 Å². The van der Waals surface area contributed by atoms with Crippen molar-refractivity contribution >= 4 is 5.69 Å². The van der Waals surface area contributed by atoms with E-state index in [0.717, 1.165) is 50.5 Å². The number of anilines is 1. The lowest BCUT2D eigenvalue weighted by molar-refractivity contribution is -0.00275. The highest BCUT2D eigenvalue weighted by atomic mass is 19.1. The highest BCUT2D eigenvalue weighted by molar-refractivity contribution is 5.47. The lowest BCUT2D eigenvalue weighted by atomic mass is 9.90. The number of fused-ring (bicyclic) bond motifs is 2. The fourth-order valence-electron chi connectivity index (χ4n) is 5.17. The first kappa shape index (κ1) is 18.2. The third-order valence-electron chi connectivity index (χ3n) is 6.56. The maximum absolute atomic E-state index is 13.9. The Labute approximate surface area is 155 Å². The Morgan fingerprint density at radius 3 is 2.62 bits per heavy atom. The molecule has 3 aliphatic rings. The predicted octanol–water partition coefficient (Wildman–Crippen LogP) is 2.76. The molecule has 4 nitrogen and oxygen atoms in total. The predicted molar refractivity (Wildman–Crippen MR) is 101 cm³/mol. The molecular weight excluding hydrogens is 331 g/mol. The first-order valence-corrected chi connectivity index (χ1v) is 10.2. The molecule has 2 saturated carbocycles. The van der Waals surface area contributed by atoms with Crippen molar-refractivity contribution in [2.24, 2.45) is 17.8 Å². The molecule has 3 fully saturated rings. The summed E-state index contributed by atoms with van der Waals surface area (Å²) in [5.74, 6) is 2.40. The highest BCUT2D eigenvalue weighted by Crippen LogP contribution is 2.48. The summed E-state index contributed by atoms with van der Waals surface area (Å²) < 4.78 is 19.7. The van der Waals surface area contributed by atoms with E-state index in [1.807, 2.05) is 12.1 Å². The molecule has 0 spiro atoms. The second-order valence-corrected chi connectivity index (χ2v) is 8.37. The molecule has 0 amide bonds. The molecule has 4 rings (SSSR count). The van der Waals surface area contributed by atoms with Gasteiger partial charge in [0.15, 0.2) is 0 Å². The minimum Gasteiger partial charge on any atom is -0.389 e. The zero-order valence-corrected chi connectivity index (χ0v) is 15.5. The second kappa shape index (κ2) is 8.24. The van der Waals surface area contributed by atoms with Crippen LogP contribution in [0.25, 0.3) is 0 Å². The van der Waals surface area contributed by atoms with Crippen LogP contribution < -0.4 is 4.90 Å². The minimum atomic E-state index is -0.436. The van der Waals surface area contributed by atoms with Gasteiger partial charge >= 0.3 is 0 Å². The number of benzene rings is 1. The van der Waals surface area contributed by atoms with Crippen molar-refractivity contribution < 1.29 is 14.2 Å². The fraction of sp³-hybridized carbons (Fsp3) is 0.714. The van der Waals surface area contributed by atoms with Crippen molar-refractivity contribution in [2.45, 2.75) is 31.8 Å². The van der Waals surface area contributed by atoms with Crippen LogP contribution in [0.15, 0.2) is 24.3 Å². The number of aliphatic hydroxyl groups excluding tert-OH is 1. The summed E-state index contributed by atoms with van der Waals surface area (Å²) in [6.45, 7) is 5.16. The molecular formula is C21H31FN2O2. The first-order chi connectivity index (χ1) is 12.7. The molecule has 1 aromatic rings. The number of aliphatic hydroxyl groups is 1. The van der Waals surface area contributed by atoms with Crippen LogP contribution in [0.2, 0.25) is 0 Å². The Balaban J connectivity index is 1.14. The number of rotatable bonds is 7. The molecule has 1 heterocycles. The zero-order chi connectivity index (χ0) is 17.9. The van der Waals surface area contributed by atoms with E-state index in [2.05, 4.69) is 9.80 Å². The van der Waals surface area contributed by atoms with Gasteiger partial charge in [-0.15, -0.1) is 0 Å². The monoisotopic (exact) mass is 362 g/mol. The van der Waals surface area contributed by atoms with Crippen LogP contribution in [0.5, 0.6) is 0 Å². The third-order valence-corrected chi connectivity index (χ3v) is 6.56. The van der Waals surface area contributed by atoms with E-state index in [1.54, 1.807) is 6.07 Å². The van der Waals surface area contributed by atoms with E-state index in [-0.39, 0.29) is 5.82 Å². The summed E-state index contributed by atoms with van der Waals surface area (Å²) in [6, 6.07) is 6.95. The van der Waals surface area contributed by atoms with Crippen molar-refractivity contribution in [3.63, 3.8) is 0 Å². The average Bonchev–Trinajstić information content (AvgIpc) is 3.26. The van der Waals surface area contributed by atoms with Crippen LogP contribution in [0, 0.1) is 23.6 Å². The maximum atomic E-state index is 13.9. The van der Waals surface area contributed by atoms with Crippen molar-refractivity contribution in [1.29, 1.82) is 0 Å². The normalized spacial score (nSPS) is 30.1. The SMILES string of the molecule is O[C@H](COC[C@@H]1C[C@@H]2CC[C@@H]1C2)CN1CCN(c2ccccc2F)CC1. The molecule has 0 radical (unpaired) electrons. The summed E-state index contributed by atoms with van der Waals surface area (Å²) in [5, 5.41) is 10.3. The van der Waals surface area contributed by atoms with Crippen LogP contribution in [0.4, 0.5) is 10.1 Å². The molecule has 1 aliphatic heterocycles. The molecule has 26 heavy (non-hydrogen) atoms. The quantitative estimate of drug-likeness (QED) is 0.809. The smallest absolute Gasteiger partial charge is 0.146 e. The lowest BCUT2D eigenvalue weighted by Gasteiger charge is -2.37. The van der Waals surface area contributed by atoms with Gasteiger partial charge in [-0.05, 0) is 49.1 Å². The molecule has 1 aromatic carbocycles. The van der Waals surface area contributed by atoms with Gasteiger partial charge in [0.25, 0.3) is 0 Å². The molecule has 2 bridgehead atoms. The first-order valence-electron chi connectivity index (χ1n) is 10.2. The Kier molecular flexibility index (Phi) is 5.77. The van der Waals surface area contributed by atoms with E-state index in [9.17, 15) is 9.50 Å². The number of ether oxygens (including phenoxy) is 1. The van der Waals surface area contributed by atoms with Crippen molar-refractivity contribution in [3.8, 4) is 0 Å². The van der Waals surface area contributed by atoms with Crippen LogP contribution in [-0.2, 0) is 4.74 Å². The molecule has 1 saturated heterocycles. The number of β-amino-alcohol motifs (C(OH)–C–C–N with tert-alkyl or cyclic N) is 1. The molecule has 144 valence electrons. The number of hydrogen-bond acceptors (Lipinski definition) is 4. The lowest BCUT2D eigenvalue weighted by Crippen LogP contribution is -2.49. The van der Waals surface area contributed by atoms with Gasteiger partial charge in [0.1, 0.15) is 5.82 Å². The summed E-state index contributed by atoms with van der Waals surface area (Å²) in [7, 11) is 0. The van der Waals surface area contributed by atoms with Gasteiger partial charge < -0.3 is 14.7 Å². The molecule has 0 unspecified atom stereocenters. The van der Waals surface area contributed by atoms with Crippen LogP contribution in [-0.4, -0.2) is 62.0 Å². The van der Waals surface area contributed by atoms with E-state index in [4.69, 9.17) is 4.74 Å². The molecule has 1 N–H and O–H groups in total. The van der Waals surface area contributed by atoms with Gasteiger partial charge in [-0.25, -0.2) is 4.39 Å². The van der Waals surface area contributed by atoms with Crippen LogP contribution in [0.3, 0.4) is 0 Å².